The summed E-state index contributed by atoms with van der Waals surface area (Å²) in [5.41, 5.74) is 1.59. The Labute approximate surface area is 124 Å². The molecule has 0 fully saturated rings. The van der Waals surface area contributed by atoms with Crippen molar-refractivity contribution < 1.29 is 14.2 Å². The lowest BCUT2D eigenvalue weighted by molar-refractivity contribution is 0.181. The van der Waals surface area contributed by atoms with E-state index in [0.29, 0.717) is 18.2 Å². The predicted molar refractivity (Wildman–Crippen MR) is 80.8 cm³/mol. The number of hydrogen-bond acceptors (Lipinski definition) is 6. The molecule has 0 aliphatic rings. The minimum absolute atomic E-state index is 0.419. The smallest absolute Gasteiger partial charge is 0.165 e. The second kappa shape index (κ2) is 6.90. The Morgan fingerprint density at radius 2 is 1.86 bits per heavy atom. The quantitative estimate of drug-likeness (QED) is 0.880. The maximum absolute atomic E-state index is 5.40. The molecule has 0 amide bonds. The highest BCUT2D eigenvalue weighted by Gasteiger charge is 2.12. The number of ether oxygens (including phenoxy) is 3. The molecule has 1 heterocycles. The van der Waals surface area contributed by atoms with Gasteiger partial charge in [0.15, 0.2) is 5.82 Å². The van der Waals surface area contributed by atoms with Crippen LogP contribution in [-0.2, 0) is 11.3 Å². The molecule has 0 spiro atoms. The zero-order valence-corrected chi connectivity index (χ0v) is 12.6. The molecule has 0 aliphatic heterocycles. The highest BCUT2D eigenvalue weighted by atomic mass is 16.5. The summed E-state index contributed by atoms with van der Waals surface area (Å²) in [7, 11) is 6.67. The van der Waals surface area contributed by atoms with Gasteiger partial charge in [0.1, 0.15) is 17.3 Å². The molecule has 2 rings (SSSR count). The van der Waals surface area contributed by atoms with Gasteiger partial charge < -0.3 is 19.5 Å². The normalized spacial score (nSPS) is 10.3. The van der Waals surface area contributed by atoms with Crippen molar-refractivity contribution in [2.45, 2.75) is 6.61 Å². The van der Waals surface area contributed by atoms with Crippen LogP contribution in [0.15, 0.2) is 24.3 Å². The van der Waals surface area contributed by atoms with Gasteiger partial charge in [0.05, 0.1) is 32.1 Å². The molecule has 6 heteroatoms. The van der Waals surface area contributed by atoms with Gasteiger partial charge in [-0.05, 0) is 12.1 Å². The van der Waals surface area contributed by atoms with Gasteiger partial charge in [-0.15, -0.1) is 0 Å². The summed E-state index contributed by atoms with van der Waals surface area (Å²) in [4.78, 5) is 8.98. The van der Waals surface area contributed by atoms with Crippen LogP contribution >= 0.6 is 0 Å². The standard InChI is InChI=1S/C15H19N3O3/c1-16-14-7-10(9-19-2)17-15(18-14)12-6-5-11(20-3)8-13(12)21-4/h5-8H,9H2,1-4H3,(H,16,17,18). The molecule has 1 N–H and O–H groups in total. The highest BCUT2D eigenvalue weighted by Crippen LogP contribution is 2.32. The molecule has 0 atom stereocenters. The first kappa shape index (κ1) is 15.1. The molecule has 1 aromatic carbocycles. The maximum atomic E-state index is 5.40. The van der Waals surface area contributed by atoms with Gasteiger partial charge in [-0.2, -0.15) is 0 Å². The van der Waals surface area contributed by atoms with E-state index in [0.717, 1.165) is 22.8 Å². The molecule has 112 valence electrons. The largest absolute Gasteiger partial charge is 0.497 e. The number of rotatable bonds is 6. The first-order chi connectivity index (χ1) is 10.2. The zero-order valence-electron chi connectivity index (χ0n) is 12.6. The van der Waals surface area contributed by atoms with E-state index in [2.05, 4.69) is 15.3 Å². The van der Waals surface area contributed by atoms with Crippen LogP contribution in [0.5, 0.6) is 11.5 Å². The summed E-state index contributed by atoms with van der Waals surface area (Å²) in [6.45, 7) is 0.419. The highest BCUT2D eigenvalue weighted by molar-refractivity contribution is 5.67. The molecule has 1 aromatic heterocycles. The molecular weight excluding hydrogens is 270 g/mol. The Kier molecular flexibility index (Phi) is 4.94. The van der Waals surface area contributed by atoms with Crippen molar-refractivity contribution in [2.24, 2.45) is 0 Å². The third-order valence-electron chi connectivity index (χ3n) is 2.98. The van der Waals surface area contributed by atoms with Crippen molar-refractivity contribution in [1.82, 2.24) is 9.97 Å². The molecular formula is C15H19N3O3. The lowest BCUT2D eigenvalue weighted by Gasteiger charge is -2.11. The molecule has 0 saturated carbocycles. The van der Waals surface area contributed by atoms with Crippen molar-refractivity contribution in [1.29, 1.82) is 0 Å². The summed E-state index contributed by atoms with van der Waals surface area (Å²) in [6, 6.07) is 7.38. The fourth-order valence-corrected chi connectivity index (χ4v) is 1.95. The fourth-order valence-electron chi connectivity index (χ4n) is 1.95. The zero-order chi connectivity index (χ0) is 15.2. The SMILES string of the molecule is CNc1cc(COC)nc(-c2ccc(OC)cc2OC)n1. The number of methoxy groups -OCH3 is 3. The van der Waals surface area contributed by atoms with Crippen LogP contribution < -0.4 is 14.8 Å². The van der Waals surface area contributed by atoms with E-state index >= 15 is 0 Å². The molecule has 0 radical (unpaired) electrons. The van der Waals surface area contributed by atoms with Crippen LogP contribution in [0.3, 0.4) is 0 Å². The van der Waals surface area contributed by atoms with Crippen LogP contribution in [0.4, 0.5) is 5.82 Å². The lowest BCUT2D eigenvalue weighted by Crippen LogP contribution is -2.02. The van der Waals surface area contributed by atoms with Gasteiger partial charge in [0.2, 0.25) is 0 Å². The summed E-state index contributed by atoms with van der Waals surface area (Å²) in [6.07, 6.45) is 0. The second-order valence-corrected chi connectivity index (χ2v) is 4.32. The van der Waals surface area contributed by atoms with E-state index in [1.807, 2.05) is 25.2 Å². The van der Waals surface area contributed by atoms with Gasteiger partial charge in [0, 0.05) is 26.3 Å². The third-order valence-corrected chi connectivity index (χ3v) is 2.98. The average molecular weight is 289 g/mol. The van der Waals surface area contributed by atoms with Crippen molar-refractivity contribution in [3.63, 3.8) is 0 Å². The fraction of sp³-hybridized carbons (Fsp3) is 0.333. The Hall–Kier alpha value is -2.34. The summed E-state index contributed by atoms with van der Waals surface area (Å²) < 4.78 is 15.7. The average Bonchev–Trinajstić information content (AvgIpc) is 2.54. The van der Waals surface area contributed by atoms with Crippen LogP contribution in [0.1, 0.15) is 5.69 Å². The monoisotopic (exact) mass is 289 g/mol. The van der Waals surface area contributed by atoms with E-state index in [-0.39, 0.29) is 0 Å². The van der Waals surface area contributed by atoms with E-state index in [1.54, 1.807) is 27.4 Å². The molecule has 21 heavy (non-hydrogen) atoms. The Morgan fingerprint density at radius 3 is 2.48 bits per heavy atom. The molecule has 0 aliphatic carbocycles. The van der Waals surface area contributed by atoms with Gasteiger partial charge in [-0.3, -0.25) is 0 Å². The number of nitrogens with zero attached hydrogens (tertiary/aromatic N) is 2. The number of hydrogen-bond donors (Lipinski definition) is 1. The van der Waals surface area contributed by atoms with Crippen molar-refractivity contribution in [3.05, 3.63) is 30.0 Å². The van der Waals surface area contributed by atoms with E-state index in [9.17, 15) is 0 Å². The third kappa shape index (κ3) is 3.41. The van der Waals surface area contributed by atoms with Crippen molar-refractivity contribution in [2.75, 3.05) is 33.7 Å². The van der Waals surface area contributed by atoms with Crippen molar-refractivity contribution >= 4 is 5.82 Å². The predicted octanol–water partition coefficient (Wildman–Crippen LogP) is 2.35. The summed E-state index contributed by atoms with van der Waals surface area (Å²) in [5.74, 6) is 2.68. The van der Waals surface area contributed by atoms with Crippen molar-refractivity contribution in [3.8, 4) is 22.9 Å². The molecule has 6 nitrogen and oxygen atoms in total. The van der Waals surface area contributed by atoms with Crippen LogP contribution in [0.25, 0.3) is 11.4 Å². The van der Waals surface area contributed by atoms with Gasteiger partial charge >= 0.3 is 0 Å². The maximum Gasteiger partial charge on any atom is 0.165 e. The number of nitrogens with one attached hydrogen (secondary N) is 1. The Morgan fingerprint density at radius 1 is 1.05 bits per heavy atom. The van der Waals surface area contributed by atoms with Gasteiger partial charge in [-0.25, -0.2) is 9.97 Å². The first-order valence-electron chi connectivity index (χ1n) is 6.49. The van der Waals surface area contributed by atoms with Gasteiger partial charge in [0.25, 0.3) is 0 Å². The van der Waals surface area contributed by atoms with Crippen LogP contribution in [0, 0.1) is 0 Å². The second-order valence-electron chi connectivity index (χ2n) is 4.32. The Balaban J connectivity index is 2.52. The minimum atomic E-state index is 0.419. The van der Waals surface area contributed by atoms with Crippen LogP contribution in [-0.4, -0.2) is 38.3 Å². The Bertz CT molecular complexity index is 617. The molecule has 0 unspecified atom stereocenters. The topological polar surface area (TPSA) is 65.5 Å². The number of aromatic nitrogens is 2. The lowest BCUT2D eigenvalue weighted by atomic mass is 10.1. The van der Waals surface area contributed by atoms with Gasteiger partial charge in [-0.1, -0.05) is 0 Å². The van der Waals surface area contributed by atoms with E-state index in [4.69, 9.17) is 14.2 Å². The number of benzene rings is 1. The first-order valence-corrected chi connectivity index (χ1v) is 6.49. The minimum Gasteiger partial charge on any atom is -0.497 e. The van der Waals surface area contributed by atoms with E-state index < -0.39 is 0 Å². The number of anilines is 1. The molecule has 2 aromatic rings. The molecule has 0 saturated heterocycles. The van der Waals surface area contributed by atoms with E-state index in [1.165, 1.54) is 0 Å². The summed E-state index contributed by atoms with van der Waals surface area (Å²) >= 11 is 0. The summed E-state index contributed by atoms with van der Waals surface area (Å²) in [5, 5.41) is 3.02. The molecule has 0 bridgehead atoms. The van der Waals surface area contributed by atoms with Crippen LogP contribution in [0.2, 0.25) is 0 Å².